The first-order valence-electron chi connectivity index (χ1n) is 5.58. The van der Waals surface area contributed by atoms with E-state index in [-0.39, 0.29) is 0 Å². The van der Waals surface area contributed by atoms with Crippen molar-refractivity contribution in [2.45, 2.75) is 20.3 Å². The van der Waals surface area contributed by atoms with E-state index in [1.54, 1.807) is 0 Å². The molecule has 0 aromatic carbocycles. The molecule has 0 fully saturated rings. The van der Waals surface area contributed by atoms with Gasteiger partial charge in [0.25, 0.3) is 0 Å². The van der Waals surface area contributed by atoms with Crippen molar-refractivity contribution in [3.63, 3.8) is 0 Å². The van der Waals surface area contributed by atoms with Gasteiger partial charge >= 0.3 is 0 Å². The number of aromatic amines is 1. The van der Waals surface area contributed by atoms with Crippen LogP contribution in [0.2, 0.25) is 0 Å². The lowest BCUT2D eigenvalue weighted by Crippen LogP contribution is -1.76. The molecule has 0 aliphatic heterocycles. The zero-order valence-electron chi connectivity index (χ0n) is 10.1. The normalized spacial score (nSPS) is 11.4. The van der Waals surface area contributed by atoms with Gasteiger partial charge in [-0.2, -0.15) is 0 Å². The molecule has 0 amide bonds. The van der Waals surface area contributed by atoms with Crippen LogP contribution in [0, 0.1) is 0 Å². The molecule has 84 valence electrons. The smallest absolute Gasteiger partial charge is 0.0461 e. The van der Waals surface area contributed by atoms with Gasteiger partial charge in [-0.3, -0.25) is 0 Å². The molecule has 0 saturated carbocycles. The van der Waals surface area contributed by atoms with Crippen LogP contribution in [0.5, 0.6) is 0 Å². The molecule has 1 heteroatoms. The molecule has 0 radical (unpaired) electrons. The lowest BCUT2D eigenvalue weighted by atomic mass is 10.1. The van der Waals surface area contributed by atoms with Gasteiger partial charge in [0, 0.05) is 22.5 Å². The minimum Gasteiger partial charge on any atom is -0.355 e. The molecule has 0 aliphatic rings. The van der Waals surface area contributed by atoms with Crippen molar-refractivity contribution < 1.29 is 0 Å². The van der Waals surface area contributed by atoms with Crippen LogP contribution in [0.3, 0.4) is 0 Å². The number of nitrogens with one attached hydrogen (secondary N) is 1. The van der Waals surface area contributed by atoms with E-state index in [2.05, 4.69) is 37.2 Å². The van der Waals surface area contributed by atoms with Crippen LogP contribution in [-0.4, -0.2) is 4.98 Å². The number of hydrogen-bond donors (Lipinski definition) is 1. The van der Waals surface area contributed by atoms with Crippen LogP contribution < -0.4 is 0 Å². The molecular weight excluding hydrogens is 194 g/mol. The zero-order valence-corrected chi connectivity index (χ0v) is 10.1. The van der Waals surface area contributed by atoms with Crippen molar-refractivity contribution in [3.8, 4) is 0 Å². The minimum absolute atomic E-state index is 1.03. The summed E-state index contributed by atoms with van der Waals surface area (Å²) in [7, 11) is 0. The van der Waals surface area contributed by atoms with Crippen LogP contribution in [0.25, 0.3) is 24.3 Å². The van der Waals surface area contributed by atoms with Gasteiger partial charge in [0.2, 0.25) is 0 Å². The fourth-order valence-corrected chi connectivity index (χ4v) is 1.68. The fourth-order valence-electron chi connectivity index (χ4n) is 1.68. The quantitative estimate of drug-likeness (QED) is 0.726. The molecule has 1 N–H and O–H groups in total. The molecule has 1 aromatic rings. The summed E-state index contributed by atoms with van der Waals surface area (Å²) in [5.41, 5.74) is 4.42. The second-order valence-corrected chi connectivity index (χ2v) is 3.50. The average Bonchev–Trinajstić information content (AvgIpc) is 2.63. The maximum atomic E-state index is 3.86. The van der Waals surface area contributed by atoms with Gasteiger partial charge < -0.3 is 4.98 Å². The van der Waals surface area contributed by atoms with Crippen LogP contribution in [0.15, 0.2) is 25.3 Å². The highest BCUT2D eigenvalue weighted by molar-refractivity contribution is 5.77. The van der Waals surface area contributed by atoms with Gasteiger partial charge in [-0.05, 0) is 25.5 Å². The van der Waals surface area contributed by atoms with Gasteiger partial charge in [0.15, 0.2) is 0 Å². The standard InChI is InChI=1S/C15H19N/c1-5-9-11-15-13(8-4)12(7-3)14(16-15)10-6-2/h6-11,16H,3-5H2,1-2H3/b10-6-,11-9-. The predicted molar refractivity (Wildman–Crippen MR) is 75.0 cm³/mol. The molecule has 1 aromatic heterocycles. The number of H-pyrrole nitrogens is 1. The van der Waals surface area contributed by atoms with Crippen LogP contribution in [-0.2, 0) is 0 Å². The summed E-state index contributed by atoms with van der Waals surface area (Å²) in [6.07, 6.45) is 13.1. The Morgan fingerprint density at radius 3 is 2.06 bits per heavy atom. The molecular formula is C15H19N. The van der Waals surface area contributed by atoms with Crippen molar-refractivity contribution in [1.82, 2.24) is 4.98 Å². The Balaban J connectivity index is 3.33. The second kappa shape index (κ2) is 5.96. The van der Waals surface area contributed by atoms with E-state index in [0.29, 0.717) is 0 Å². The van der Waals surface area contributed by atoms with Gasteiger partial charge in [-0.1, -0.05) is 44.4 Å². The van der Waals surface area contributed by atoms with E-state index >= 15 is 0 Å². The maximum absolute atomic E-state index is 3.86. The monoisotopic (exact) mass is 213 g/mol. The summed E-state index contributed by atoms with van der Waals surface area (Å²) in [5, 5.41) is 0. The molecule has 0 unspecified atom stereocenters. The Labute approximate surface area is 97.9 Å². The number of rotatable bonds is 5. The molecule has 16 heavy (non-hydrogen) atoms. The predicted octanol–water partition coefficient (Wildman–Crippen LogP) is 4.76. The van der Waals surface area contributed by atoms with Gasteiger partial charge in [-0.15, -0.1) is 0 Å². The first kappa shape index (κ1) is 12.3. The minimum atomic E-state index is 1.03. The molecule has 0 aliphatic carbocycles. The summed E-state index contributed by atoms with van der Waals surface area (Å²) in [6.45, 7) is 11.8. The van der Waals surface area contributed by atoms with Crippen LogP contribution in [0.1, 0.15) is 42.8 Å². The van der Waals surface area contributed by atoms with E-state index in [1.165, 1.54) is 0 Å². The van der Waals surface area contributed by atoms with Crippen LogP contribution in [0.4, 0.5) is 0 Å². The topological polar surface area (TPSA) is 15.8 Å². The highest BCUT2D eigenvalue weighted by Crippen LogP contribution is 2.24. The second-order valence-electron chi connectivity index (χ2n) is 3.50. The Hall–Kier alpha value is -1.76. The Kier molecular flexibility index (Phi) is 4.59. The third-order valence-corrected chi connectivity index (χ3v) is 2.40. The van der Waals surface area contributed by atoms with Gasteiger partial charge in [0.1, 0.15) is 0 Å². The summed E-state index contributed by atoms with van der Waals surface area (Å²) in [5.74, 6) is 0. The van der Waals surface area contributed by atoms with Crippen molar-refractivity contribution in [1.29, 1.82) is 0 Å². The Bertz CT molecular complexity index is 431. The molecule has 0 bridgehead atoms. The highest BCUT2D eigenvalue weighted by atomic mass is 14.7. The van der Waals surface area contributed by atoms with E-state index in [4.69, 9.17) is 0 Å². The van der Waals surface area contributed by atoms with Crippen molar-refractivity contribution >= 4 is 24.3 Å². The maximum Gasteiger partial charge on any atom is 0.0461 e. The van der Waals surface area contributed by atoms with Crippen LogP contribution >= 0.6 is 0 Å². The zero-order chi connectivity index (χ0) is 12.0. The molecule has 1 rings (SSSR count). The number of hydrogen-bond acceptors (Lipinski definition) is 0. The van der Waals surface area contributed by atoms with E-state index < -0.39 is 0 Å². The molecule has 1 heterocycles. The lowest BCUT2D eigenvalue weighted by molar-refractivity contribution is 1.23. The average molecular weight is 213 g/mol. The highest BCUT2D eigenvalue weighted by Gasteiger charge is 2.08. The van der Waals surface area contributed by atoms with Gasteiger partial charge in [-0.25, -0.2) is 0 Å². The fraction of sp³-hybridized carbons (Fsp3) is 0.200. The van der Waals surface area contributed by atoms with Crippen molar-refractivity contribution in [3.05, 3.63) is 47.8 Å². The Morgan fingerprint density at radius 2 is 1.62 bits per heavy atom. The van der Waals surface area contributed by atoms with Gasteiger partial charge in [0.05, 0.1) is 0 Å². The first-order chi connectivity index (χ1) is 7.78. The van der Waals surface area contributed by atoms with E-state index in [1.807, 2.05) is 31.2 Å². The molecule has 0 saturated heterocycles. The third kappa shape index (κ3) is 2.43. The van der Waals surface area contributed by atoms with Crippen molar-refractivity contribution in [2.75, 3.05) is 0 Å². The SMILES string of the molecule is C=Cc1c(/C=C\C)[nH]c(/C=C\CC)c1C=C. The lowest BCUT2D eigenvalue weighted by Gasteiger charge is -1.94. The summed E-state index contributed by atoms with van der Waals surface area (Å²) in [6, 6.07) is 0. The van der Waals surface area contributed by atoms with Crippen molar-refractivity contribution in [2.24, 2.45) is 0 Å². The molecule has 0 atom stereocenters. The summed E-state index contributed by atoms with van der Waals surface area (Å²) >= 11 is 0. The van der Waals surface area contributed by atoms with E-state index in [9.17, 15) is 0 Å². The van der Waals surface area contributed by atoms with E-state index in [0.717, 1.165) is 28.9 Å². The summed E-state index contributed by atoms with van der Waals surface area (Å²) < 4.78 is 0. The molecule has 0 spiro atoms. The number of aromatic nitrogens is 1. The third-order valence-electron chi connectivity index (χ3n) is 2.40. The largest absolute Gasteiger partial charge is 0.355 e. The first-order valence-corrected chi connectivity index (χ1v) is 5.58. The molecule has 1 nitrogen and oxygen atoms in total. The number of allylic oxidation sites excluding steroid dienone is 2. The Morgan fingerprint density at radius 1 is 1.06 bits per heavy atom. The summed E-state index contributed by atoms with van der Waals surface area (Å²) in [4.78, 5) is 3.37.